The second-order valence-corrected chi connectivity index (χ2v) is 1.10. The molecule has 0 radical (unpaired) electrons. The van der Waals surface area contributed by atoms with E-state index in [1.54, 1.807) is 14.0 Å². The number of hydrogen-bond acceptors (Lipinski definition) is 2. The van der Waals surface area contributed by atoms with Crippen molar-refractivity contribution in [2.75, 3.05) is 7.11 Å². The van der Waals surface area contributed by atoms with E-state index in [-0.39, 0.29) is 0 Å². The molecule has 0 aromatic rings. The van der Waals surface area contributed by atoms with Gasteiger partial charge in [0.15, 0.2) is 0 Å². The van der Waals surface area contributed by atoms with Crippen LogP contribution in [0.4, 0.5) is 0 Å². The Labute approximate surface area is 37.6 Å². The zero-order chi connectivity index (χ0) is 4.99. The van der Waals surface area contributed by atoms with Crippen molar-refractivity contribution in [3.05, 3.63) is 12.0 Å². The molecular formula is C4H9NO. The highest BCUT2D eigenvalue weighted by Crippen LogP contribution is 1.75. The van der Waals surface area contributed by atoms with Crippen LogP contribution in [0, 0.1) is 0 Å². The largest absolute Gasteiger partial charge is 0.503 e. The van der Waals surface area contributed by atoms with Crippen molar-refractivity contribution in [2.24, 2.45) is 5.73 Å². The molecule has 0 amide bonds. The van der Waals surface area contributed by atoms with Gasteiger partial charge in [0.1, 0.15) is 6.26 Å². The fourth-order valence-corrected chi connectivity index (χ4v) is 0.186. The van der Waals surface area contributed by atoms with Gasteiger partial charge < -0.3 is 10.5 Å². The summed E-state index contributed by atoms with van der Waals surface area (Å²) in [6.45, 7) is 1.77. The van der Waals surface area contributed by atoms with Gasteiger partial charge in [0.25, 0.3) is 0 Å². The van der Waals surface area contributed by atoms with E-state index in [0.717, 1.165) is 0 Å². The fraction of sp³-hybridized carbons (Fsp3) is 0.500. The van der Waals surface area contributed by atoms with Crippen LogP contribution in [0.2, 0.25) is 0 Å². The van der Waals surface area contributed by atoms with Crippen molar-refractivity contribution in [1.82, 2.24) is 0 Å². The van der Waals surface area contributed by atoms with Crippen LogP contribution in [0.15, 0.2) is 12.0 Å². The first-order valence-electron chi connectivity index (χ1n) is 1.72. The van der Waals surface area contributed by atoms with E-state index in [2.05, 4.69) is 4.74 Å². The van der Waals surface area contributed by atoms with Crippen LogP contribution in [0.3, 0.4) is 0 Å². The maximum absolute atomic E-state index is 5.14. The molecule has 0 aliphatic rings. The van der Waals surface area contributed by atoms with E-state index in [4.69, 9.17) is 5.73 Å². The Morgan fingerprint density at radius 3 is 2.33 bits per heavy atom. The molecule has 0 aromatic carbocycles. The minimum atomic E-state index is 0.692. The summed E-state index contributed by atoms with van der Waals surface area (Å²) in [4.78, 5) is 0. The summed E-state index contributed by atoms with van der Waals surface area (Å²) in [6.07, 6.45) is 1.49. The van der Waals surface area contributed by atoms with Gasteiger partial charge >= 0.3 is 0 Å². The van der Waals surface area contributed by atoms with Crippen LogP contribution >= 0.6 is 0 Å². The highest BCUT2D eigenvalue weighted by molar-refractivity contribution is 4.83. The molecule has 2 N–H and O–H groups in total. The van der Waals surface area contributed by atoms with Crippen molar-refractivity contribution < 1.29 is 4.74 Å². The van der Waals surface area contributed by atoms with Crippen molar-refractivity contribution in [3.63, 3.8) is 0 Å². The molecule has 0 fully saturated rings. The van der Waals surface area contributed by atoms with Crippen molar-refractivity contribution in [3.8, 4) is 0 Å². The van der Waals surface area contributed by atoms with E-state index in [0.29, 0.717) is 5.70 Å². The molecule has 0 heterocycles. The number of allylic oxidation sites excluding steroid dienone is 1. The van der Waals surface area contributed by atoms with Crippen LogP contribution in [0.25, 0.3) is 0 Å². The van der Waals surface area contributed by atoms with Gasteiger partial charge in [-0.3, -0.25) is 0 Å². The molecule has 0 unspecified atom stereocenters. The quantitative estimate of drug-likeness (QED) is 0.471. The molecule has 0 aliphatic heterocycles. The molecule has 0 bridgehead atoms. The molecule has 2 heteroatoms. The van der Waals surface area contributed by atoms with Crippen molar-refractivity contribution >= 4 is 0 Å². The Bertz CT molecular complexity index is 54.6. The van der Waals surface area contributed by atoms with Gasteiger partial charge in [-0.1, -0.05) is 0 Å². The topological polar surface area (TPSA) is 35.2 Å². The zero-order valence-electron chi connectivity index (χ0n) is 4.06. The smallest absolute Gasteiger partial charge is 0.101 e. The minimum absolute atomic E-state index is 0.692. The summed E-state index contributed by atoms with van der Waals surface area (Å²) < 4.78 is 4.52. The SMILES string of the molecule is COC=C(C)N. The van der Waals surface area contributed by atoms with Gasteiger partial charge in [-0.25, -0.2) is 0 Å². The third kappa shape index (κ3) is 3.34. The van der Waals surface area contributed by atoms with E-state index in [1.807, 2.05) is 0 Å². The summed E-state index contributed by atoms with van der Waals surface area (Å²) in [7, 11) is 1.57. The average molecular weight is 87.1 g/mol. The number of ether oxygens (including phenoxy) is 1. The summed E-state index contributed by atoms with van der Waals surface area (Å²) in [5.41, 5.74) is 5.83. The number of rotatable bonds is 1. The molecule has 2 nitrogen and oxygen atoms in total. The number of hydrogen-bond donors (Lipinski definition) is 1. The highest BCUT2D eigenvalue weighted by Gasteiger charge is 1.67. The second-order valence-electron chi connectivity index (χ2n) is 1.10. The Morgan fingerprint density at radius 1 is 1.83 bits per heavy atom. The first-order valence-corrected chi connectivity index (χ1v) is 1.72. The summed E-state index contributed by atoms with van der Waals surface area (Å²) >= 11 is 0. The lowest BCUT2D eigenvalue weighted by atomic mass is 10.6. The molecule has 6 heavy (non-hydrogen) atoms. The third-order valence-corrected chi connectivity index (χ3v) is 0.304. The molecular weight excluding hydrogens is 78.0 g/mol. The molecule has 0 spiro atoms. The molecule has 0 atom stereocenters. The van der Waals surface area contributed by atoms with Gasteiger partial charge in [0.05, 0.1) is 7.11 Å². The van der Waals surface area contributed by atoms with Gasteiger partial charge in [-0.2, -0.15) is 0 Å². The van der Waals surface area contributed by atoms with Crippen LogP contribution in [0.5, 0.6) is 0 Å². The normalized spacial score (nSPS) is 11.3. The van der Waals surface area contributed by atoms with Crippen molar-refractivity contribution in [2.45, 2.75) is 6.92 Å². The molecule has 0 saturated carbocycles. The summed E-state index contributed by atoms with van der Waals surface area (Å²) in [5, 5.41) is 0. The minimum Gasteiger partial charge on any atom is -0.503 e. The van der Waals surface area contributed by atoms with Crippen LogP contribution in [-0.2, 0) is 4.74 Å². The zero-order valence-corrected chi connectivity index (χ0v) is 4.06. The third-order valence-electron chi connectivity index (χ3n) is 0.304. The molecule has 0 rings (SSSR count). The van der Waals surface area contributed by atoms with Crippen LogP contribution in [-0.4, -0.2) is 7.11 Å². The summed E-state index contributed by atoms with van der Waals surface area (Å²) in [6, 6.07) is 0. The van der Waals surface area contributed by atoms with Crippen LogP contribution in [0.1, 0.15) is 6.92 Å². The average Bonchev–Trinajstić information content (AvgIpc) is 1.35. The maximum Gasteiger partial charge on any atom is 0.101 e. The first kappa shape index (κ1) is 5.34. The summed E-state index contributed by atoms with van der Waals surface area (Å²) in [5.74, 6) is 0. The van der Waals surface area contributed by atoms with E-state index < -0.39 is 0 Å². The van der Waals surface area contributed by atoms with Gasteiger partial charge in [-0.15, -0.1) is 0 Å². The van der Waals surface area contributed by atoms with Gasteiger partial charge in [0, 0.05) is 5.70 Å². The standard InChI is InChI=1S/C4H9NO/c1-4(5)3-6-2/h3H,5H2,1-2H3. The van der Waals surface area contributed by atoms with E-state index >= 15 is 0 Å². The highest BCUT2D eigenvalue weighted by atomic mass is 16.5. The number of methoxy groups -OCH3 is 1. The lowest BCUT2D eigenvalue weighted by molar-refractivity contribution is 0.333. The maximum atomic E-state index is 5.14. The fourth-order valence-electron chi connectivity index (χ4n) is 0.186. The molecule has 0 saturated heterocycles. The molecule has 0 aliphatic carbocycles. The van der Waals surface area contributed by atoms with Crippen LogP contribution < -0.4 is 5.73 Å². The van der Waals surface area contributed by atoms with E-state index in [1.165, 1.54) is 6.26 Å². The Balaban J connectivity index is 3.14. The lowest BCUT2D eigenvalue weighted by Crippen LogP contribution is -1.89. The van der Waals surface area contributed by atoms with Gasteiger partial charge in [-0.05, 0) is 6.92 Å². The lowest BCUT2D eigenvalue weighted by Gasteiger charge is -1.85. The Hall–Kier alpha value is -0.660. The monoisotopic (exact) mass is 87.1 g/mol. The number of nitrogens with two attached hydrogens (primary N) is 1. The molecule has 0 aromatic heterocycles. The van der Waals surface area contributed by atoms with E-state index in [9.17, 15) is 0 Å². The Morgan fingerprint density at radius 2 is 2.33 bits per heavy atom. The predicted octanol–water partition coefficient (Wildman–Crippen LogP) is 0.453. The Kier molecular flexibility index (Phi) is 2.29. The first-order chi connectivity index (χ1) is 2.77. The second kappa shape index (κ2) is 2.57. The predicted molar refractivity (Wildman–Crippen MR) is 25.0 cm³/mol. The van der Waals surface area contributed by atoms with Crippen molar-refractivity contribution in [1.29, 1.82) is 0 Å². The van der Waals surface area contributed by atoms with Gasteiger partial charge in [0.2, 0.25) is 0 Å². The molecule has 36 valence electrons.